The van der Waals surface area contributed by atoms with E-state index in [0.29, 0.717) is 23.2 Å². The lowest BCUT2D eigenvalue weighted by molar-refractivity contribution is -0.119. The number of hydrogen-bond donors (Lipinski definition) is 0. The van der Waals surface area contributed by atoms with E-state index in [1.54, 1.807) is 6.92 Å². The summed E-state index contributed by atoms with van der Waals surface area (Å²) in [6.45, 7) is 5.48. The van der Waals surface area contributed by atoms with Gasteiger partial charge in [-0.25, -0.2) is 0 Å². The molecule has 20 heavy (non-hydrogen) atoms. The smallest absolute Gasteiger partial charge is 0.237 e. The Morgan fingerprint density at radius 1 is 1.30 bits per heavy atom. The van der Waals surface area contributed by atoms with Crippen molar-refractivity contribution in [3.8, 4) is 0 Å². The molecule has 1 aromatic carbocycles. The third kappa shape index (κ3) is 3.45. The van der Waals surface area contributed by atoms with Gasteiger partial charge in [-0.2, -0.15) is 4.98 Å². The molecule has 5 heteroatoms. The maximum Gasteiger partial charge on any atom is 0.237 e. The summed E-state index contributed by atoms with van der Waals surface area (Å²) in [5, 5.41) is 4.64. The van der Waals surface area contributed by atoms with Crippen LogP contribution in [0.4, 0.5) is 0 Å². The van der Waals surface area contributed by atoms with Crippen LogP contribution in [0.1, 0.15) is 44.0 Å². The van der Waals surface area contributed by atoms with Crippen LogP contribution in [0.25, 0.3) is 0 Å². The molecule has 0 N–H and O–H groups in total. The van der Waals surface area contributed by atoms with Gasteiger partial charge in [0.1, 0.15) is 5.78 Å². The lowest BCUT2D eigenvalue weighted by atomic mass is 9.92. The molecule has 0 saturated heterocycles. The first-order valence-corrected chi connectivity index (χ1v) is 6.92. The van der Waals surface area contributed by atoms with Crippen molar-refractivity contribution in [2.45, 2.75) is 33.1 Å². The Kier molecular flexibility index (Phi) is 4.55. The van der Waals surface area contributed by atoms with Gasteiger partial charge >= 0.3 is 0 Å². The van der Waals surface area contributed by atoms with Crippen LogP contribution in [0.5, 0.6) is 0 Å². The SMILES string of the molecule is CC(=O)C(c1nc(Cc2ccc(Cl)cc2)no1)C(C)C. The number of hydrogen-bond acceptors (Lipinski definition) is 4. The van der Waals surface area contributed by atoms with E-state index in [4.69, 9.17) is 16.1 Å². The highest BCUT2D eigenvalue weighted by atomic mass is 35.5. The van der Waals surface area contributed by atoms with Crippen molar-refractivity contribution in [3.63, 3.8) is 0 Å². The highest BCUT2D eigenvalue weighted by Gasteiger charge is 2.26. The molecular weight excluding hydrogens is 276 g/mol. The monoisotopic (exact) mass is 292 g/mol. The molecule has 0 fully saturated rings. The van der Waals surface area contributed by atoms with Crippen LogP contribution in [0.3, 0.4) is 0 Å². The molecule has 1 aromatic heterocycles. The summed E-state index contributed by atoms with van der Waals surface area (Å²) in [7, 11) is 0. The Bertz CT molecular complexity index is 590. The summed E-state index contributed by atoms with van der Waals surface area (Å²) < 4.78 is 5.24. The fourth-order valence-corrected chi connectivity index (χ4v) is 2.30. The zero-order chi connectivity index (χ0) is 14.7. The normalized spacial score (nSPS) is 12.7. The molecule has 2 rings (SSSR count). The van der Waals surface area contributed by atoms with E-state index < -0.39 is 0 Å². The summed E-state index contributed by atoms with van der Waals surface area (Å²) in [6, 6.07) is 7.49. The van der Waals surface area contributed by atoms with Crippen molar-refractivity contribution >= 4 is 17.4 Å². The van der Waals surface area contributed by atoms with Gasteiger partial charge in [0.25, 0.3) is 0 Å². The van der Waals surface area contributed by atoms with E-state index in [1.165, 1.54) is 0 Å². The van der Waals surface area contributed by atoms with Crippen molar-refractivity contribution in [1.29, 1.82) is 0 Å². The Morgan fingerprint density at radius 3 is 2.50 bits per heavy atom. The van der Waals surface area contributed by atoms with Crippen molar-refractivity contribution in [2.75, 3.05) is 0 Å². The molecule has 1 heterocycles. The van der Waals surface area contributed by atoms with Gasteiger partial charge in [0.05, 0.1) is 5.92 Å². The first-order valence-electron chi connectivity index (χ1n) is 6.54. The largest absolute Gasteiger partial charge is 0.339 e. The van der Waals surface area contributed by atoms with Gasteiger partial charge < -0.3 is 4.52 Å². The van der Waals surface area contributed by atoms with Crippen LogP contribution in [-0.4, -0.2) is 15.9 Å². The van der Waals surface area contributed by atoms with E-state index >= 15 is 0 Å². The molecule has 2 aromatic rings. The number of carbonyl (C=O) groups is 1. The zero-order valence-electron chi connectivity index (χ0n) is 11.8. The van der Waals surface area contributed by atoms with Crippen LogP contribution < -0.4 is 0 Å². The van der Waals surface area contributed by atoms with Crippen LogP contribution in [0.15, 0.2) is 28.8 Å². The lowest BCUT2D eigenvalue weighted by Crippen LogP contribution is -2.15. The highest BCUT2D eigenvalue weighted by Crippen LogP contribution is 2.24. The Hall–Kier alpha value is -1.68. The second-order valence-corrected chi connectivity index (χ2v) is 5.62. The van der Waals surface area contributed by atoms with Crippen molar-refractivity contribution in [3.05, 3.63) is 46.6 Å². The molecule has 106 valence electrons. The molecule has 4 nitrogen and oxygen atoms in total. The average Bonchev–Trinajstić information content (AvgIpc) is 2.79. The Labute approximate surface area is 123 Å². The van der Waals surface area contributed by atoms with Gasteiger partial charge in [-0.1, -0.05) is 42.7 Å². The summed E-state index contributed by atoms with van der Waals surface area (Å²) in [4.78, 5) is 16.0. The van der Waals surface area contributed by atoms with Gasteiger partial charge in [-0.15, -0.1) is 0 Å². The fraction of sp³-hybridized carbons (Fsp3) is 0.400. The molecule has 0 aliphatic rings. The summed E-state index contributed by atoms with van der Waals surface area (Å²) in [5.41, 5.74) is 1.05. The van der Waals surface area contributed by atoms with Gasteiger partial charge in [0.15, 0.2) is 5.82 Å². The molecule has 0 radical (unpaired) electrons. The zero-order valence-corrected chi connectivity index (χ0v) is 12.5. The fourth-order valence-electron chi connectivity index (χ4n) is 2.18. The standard InChI is InChI=1S/C15H17ClN2O2/c1-9(2)14(10(3)19)15-17-13(18-20-15)8-11-4-6-12(16)7-5-11/h4-7,9,14H,8H2,1-3H3. The second-order valence-electron chi connectivity index (χ2n) is 5.18. The van der Waals surface area contributed by atoms with Gasteiger partial charge in [0.2, 0.25) is 5.89 Å². The molecule has 0 saturated carbocycles. The average molecular weight is 293 g/mol. The highest BCUT2D eigenvalue weighted by molar-refractivity contribution is 6.30. The molecule has 1 unspecified atom stereocenters. The van der Waals surface area contributed by atoms with E-state index in [0.717, 1.165) is 5.56 Å². The summed E-state index contributed by atoms with van der Waals surface area (Å²) >= 11 is 5.84. The lowest BCUT2D eigenvalue weighted by Gasteiger charge is -2.12. The van der Waals surface area contributed by atoms with Crippen molar-refractivity contribution < 1.29 is 9.32 Å². The maximum atomic E-state index is 11.6. The van der Waals surface area contributed by atoms with Crippen LogP contribution >= 0.6 is 11.6 Å². The van der Waals surface area contributed by atoms with E-state index in [2.05, 4.69) is 10.1 Å². The number of ketones is 1. The third-order valence-corrected chi connectivity index (χ3v) is 3.38. The summed E-state index contributed by atoms with van der Waals surface area (Å²) in [5.74, 6) is 0.824. The minimum Gasteiger partial charge on any atom is -0.339 e. The Morgan fingerprint density at radius 2 is 1.95 bits per heavy atom. The molecule has 0 bridgehead atoms. The second kappa shape index (κ2) is 6.18. The topological polar surface area (TPSA) is 56.0 Å². The number of Topliss-reactive ketones (excluding diaryl/α,β-unsaturated/α-hetero) is 1. The number of aromatic nitrogens is 2. The van der Waals surface area contributed by atoms with E-state index in [-0.39, 0.29) is 17.6 Å². The number of rotatable bonds is 5. The van der Waals surface area contributed by atoms with Gasteiger partial charge in [-0.3, -0.25) is 4.79 Å². The number of benzene rings is 1. The molecule has 0 aliphatic carbocycles. The van der Waals surface area contributed by atoms with Crippen LogP contribution in [-0.2, 0) is 11.2 Å². The number of halogens is 1. The predicted molar refractivity (Wildman–Crippen MR) is 76.8 cm³/mol. The molecule has 1 atom stereocenters. The minimum atomic E-state index is -0.332. The van der Waals surface area contributed by atoms with E-state index in [9.17, 15) is 4.79 Å². The molecular formula is C15H17ClN2O2. The van der Waals surface area contributed by atoms with Crippen molar-refractivity contribution in [1.82, 2.24) is 10.1 Å². The van der Waals surface area contributed by atoms with Crippen LogP contribution in [0.2, 0.25) is 5.02 Å². The van der Waals surface area contributed by atoms with Gasteiger partial charge in [0, 0.05) is 11.4 Å². The number of nitrogens with zero attached hydrogens (tertiary/aromatic N) is 2. The predicted octanol–water partition coefficient (Wildman–Crippen LogP) is 3.64. The van der Waals surface area contributed by atoms with Gasteiger partial charge in [-0.05, 0) is 30.5 Å². The third-order valence-electron chi connectivity index (χ3n) is 3.13. The molecule has 0 spiro atoms. The van der Waals surface area contributed by atoms with Crippen LogP contribution in [0, 0.1) is 5.92 Å². The molecule has 0 amide bonds. The first-order chi connectivity index (χ1) is 9.47. The molecule has 0 aliphatic heterocycles. The minimum absolute atomic E-state index is 0.0432. The summed E-state index contributed by atoms with van der Waals surface area (Å²) in [6.07, 6.45) is 0.559. The maximum absolute atomic E-state index is 11.6. The van der Waals surface area contributed by atoms with Crippen molar-refractivity contribution in [2.24, 2.45) is 5.92 Å². The quantitative estimate of drug-likeness (QED) is 0.844. The number of carbonyl (C=O) groups excluding carboxylic acids is 1. The Balaban J connectivity index is 2.16. The first kappa shape index (κ1) is 14.7. The van der Waals surface area contributed by atoms with E-state index in [1.807, 2.05) is 38.1 Å².